The summed E-state index contributed by atoms with van der Waals surface area (Å²) < 4.78 is 0. The van der Waals surface area contributed by atoms with Crippen molar-refractivity contribution in [3.63, 3.8) is 0 Å². The van der Waals surface area contributed by atoms with Crippen molar-refractivity contribution in [3.8, 4) is 12.3 Å². The van der Waals surface area contributed by atoms with Crippen LogP contribution in [-0.4, -0.2) is 23.8 Å². The summed E-state index contributed by atoms with van der Waals surface area (Å²) >= 11 is 0. The number of hydrogen-bond acceptors (Lipinski definition) is 2. The standard InChI is InChI=1S/C12H13NO/c1-2-10-3-5-11(6-4-10)7-12(14)8-13-9-12/h1,3-6,13-14H,7-9H2. The zero-order valence-electron chi connectivity index (χ0n) is 7.96. The molecular weight excluding hydrogens is 174 g/mol. The molecule has 2 rings (SSSR count). The van der Waals surface area contributed by atoms with Crippen LogP contribution in [0, 0.1) is 12.3 Å². The molecule has 0 saturated carbocycles. The molecule has 2 N–H and O–H groups in total. The maximum atomic E-state index is 9.89. The molecule has 0 aromatic heterocycles. The van der Waals surface area contributed by atoms with E-state index in [1.54, 1.807) is 0 Å². The van der Waals surface area contributed by atoms with Crippen molar-refractivity contribution in [2.45, 2.75) is 12.0 Å². The Labute approximate surface area is 84.0 Å². The van der Waals surface area contributed by atoms with Gasteiger partial charge in [0.15, 0.2) is 0 Å². The minimum Gasteiger partial charge on any atom is -0.387 e. The van der Waals surface area contributed by atoms with Crippen LogP contribution in [0.4, 0.5) is 0 Å². The normalized spacial score (nSPS) is 18.3. The summed E-state index contributed by atoms with van der Waals surface area (Å²) in [6.07, 6.45) is 5.95. The molecule has 72 valence electrons. The van der Waals surface area contributed by atoms with Gasteiger partial charge < -0.3 is 10.4 Å². The third-order valence-corrected chi connectivity index (χ3v) is 2.56. The number of terminal acetylenes is 1. The van der Waals surface area contributed by atoms with Gasteiger partial charge in [-0.25, -0.2) is 0 Å². The van der Waals surface area contributed by atoms with Crippen LogP contribution in [0.5, 0.6) is 0 Å². The molecule has 2 nitrogen and oxygen atoms in total. The van der Waals surface area contributed by atoms with Crippen molar-refractivity contribution >= 4 is 0 Å². The van der Waals surface area contributed by atoms with Crippen LogP contribution in [0.2, 0.25) is 0 Å². The Morgan fingerprint density at radius 1 is 1.36 bits per heavy atom. The molecule has 0 unspecified atom stereocenters. The van der Waals surface area contributed by atoms with E-state index in [2.05, 4.69) is 11.2 Å². The molecule has 1 aromatic rings. The third-order valence-electron chi connectivity index (χ3n) is 2.56. The third kappa shape index (κ3) is 1.79. The Morgan fingerprint density at radius 3 is 2.43 bits per heavy atom. The van der Waals surface area contributed by atoms with Gasteiger partial charge in [-0.3, -0.25) is 0 Å². The van der Waals surface area contributed by atoms with Crippen LogP contribution in [0.3, 0.4) is 0 Å². The summed E-state index contributed by atoms with van der Waals surface area (Å²) in [6.45, 7) is 1.37. The first kappa shape index (κ1) is 9.26. The minimum atomic E-state index is -0.544. The van der Waals surface area contributed by atoms with Crippen LogP contribution in [0.15, 0.2) is 24.3 Å². The number of β-amino-alcohol motifs (C(OH)–C–C–N with tert-alkyl or cyclic N) is 1. The Morgan fingerprint density at radius 2 is 2.00 bits per heavy atom. The molecule has 0 radical (unpaired) electrons. The van der Waals surface area contributed by atoms with Crippen LogP contribution in [0.25, 0.3) is 0 Å². The molecule has 1 fully saturated rings. The van der Waals surface area contributed by atoms with E-state index in [-0.39, 0.29) is 0 Å². The molecule has 1 aliphatic heterocycles. The predicted molar refractivity (Wildman–Crippen MR) is 55.9 cm³/mol. The molecule has 0 atom stereocenters. The molecule has 1 aromatic carbocycles. The fourth-order valence-corrected chi connectivity index (χ4v) is 1.64. The molecule has 0 bridgehead atoms. The van der Waals surface area contributed by atoms with Crippen molar-refractivity contribution < 1.29 is 5.11 Å². The van der Waals surface area contributed by atoms with Gasteiger partial charge in [0.2, 0.25) is 0 Å². The predicted octanol–water partition coefficient (Wildman–Crippen LogP) is 0.545. The van der Waals surface area contributed by atoms with E-state index >= 15 is 0 Å². The van der Waals surface area contributed by atoms with Gasteiger partial charge in [-0.2, -0.15) is 0 Å². The fraction of sp³-hybridized carbons (Fsp3) is 0.333. The van der Waals surface area contributed by atoms with E-state index in [4.69, 9.17) is 6.42 Å². The second-order valence-electron chi connectivity index (χ2n) is 3.85. The van der Waals surface area contributed by atoms with E-state index in [1.807, 2.05) is 24.3 Å². The maximum Gasteiger partial charge on any atom is 0.0935 e. The Balaban J connectivity index is 2.07. The highest BCUT2D eigenvalue weighted by Crippen LogP contribution is 2.17. The lowest BCUT2D eigenvalue weighted by Gasteiger charge is -2.37. The van der Waals surface area contributed by atoms with E-state index in [0.29, 0.717) is 19.5 Å². The second-order valence-corrected chi connectivity index (χ2v) is 3.85. The fourth-order valence-electron chi connectivity index (χ4n) is 1.64. The molecule has 1 heterocycles. The van der Waals surface area contributed by atoms with E-state index < -0.39 is 5.60 Å². The molecule has 2 heteroatoms. The van der Waals surface area contributed by atoms with Crippen LogP contribution >= 0.6 is 0 Å². The number of hydrogen-bond donors (Lipinski definition) is 2. The first-order valence-corrected chi connectivity index (χ1v) is 4.70. The molecule has 0 spiro atoms. The van der Waals surface area contributed by atoms with Gasteiger partial charge in [0.25, 0.3) is 0 Å². The summed E-state index contributed by atoms with van der Waals surface area (Å²) in [4.78, 5) is 0. The number of aliphatic hydroxyl groups is 1. The lowest BCUT2D eigenvalue weighted by Crippen LogP contribution is -2.60. The first-order valence-electron chi connectivity index (χ1n) is 4.70. The zero-order valence-corrected chi connectivity index (χ0v) is 7.96. The molecular formula is C12H13NO. The Hall–Kier alpha value is -1.30. The quantitative estimate of drug-likeness (QED) is 0.662. The molecule has 0 aliphatic carbocycles. The van der Waals surface area contributed by atoms with Gasteiger partial charge in [0.1, 0.15) is 0 Å². The highest BCUT2D eigenvalue weighted by molar-refractivity contribution is 5.34. The van der Waals surface area contributed by atoms with Gasteiger partial charge >= 0.3 is 0 Å². The number of nitrogens with one attached hydrogen (secondary N) is 1. The van der Waals surface area contributed by atoms with Crippen LogP contribution in [-0.2, 0) is 6.42 Å². The summed E-state index contributed by atoms with van der Waals surface area (Å²) in [7, 11) is 0. The van der Waals surface area contributed by atoms with Crippen molar-refractivity contribution in [3.05, 3.63) is 35.4 Å². The van der Waals surface area contributed by atoms with Gasteiger partial charge in [0, 0.05) is 25.1 Å². The van der Waals surface area contributed by atoms with Crippen LogP contribution < -0.4 is 5.32 Å². The first-order chi connectivity index (χ1) is 6.72. The van der Waals surface area contributed by atoms with Crippen molar-refractivity contribution in [1.82, 2.24) is 5.32 Å². The van der Waals surface area contributed by atoms with Crippen molar-refractivity contribution in [2.75, 3.05) is 13.1 Å². The molecule has 14 heavy (non-hydrogen) atoms. The molecule has 1 aliphatic rings. The topological polar surface area (TPSA) is 32.3 Å². The van der Waals surface area contributed by atoms with Gasteiger partial charge in [-0.1, -0.05) is 18.1 Å². The largest absolute Gasteiger partial charge is 0.387 e. The smallest absolute Gasteiger partial charge is 0.0935 e. The number of rotatable bonds is 2. The van der Waals surface area contributed by atoms with Crippen LogP contribution in [0.1, 0.15) is 11.1 Å². The van der Waals surface area contributed by atoms with Crippen molar-refractivity contribution in [1.29, 1.82) is 0 Å². The Bertz CT molecular complexity index is 357. The summed E-state index contributed by atoms with van der Waals surface area (Å²) in [6, 6.07) is 7.77. The highest BCUT2D eigenvalue weighted by Gasteiger charge is 2.33. The van der Waals surface area contributed by atoms with E-state index in [0.717, 1.165) is 11.1 Å². The average Bonchev–Trinajstić information content (AvgIpc) is 2.17. The molecule has 1 saturated heterocycles. The lowest BCUT2D eigenvalue weighted by atomic mass is 9.89. The summed E-state index contributed by atoms with van der Waals surface area (Å²) in [5.74, 6) is 2.57. The molecule has 0 amide bonds. The van der Waals surface area contributed by atoms with E-state index in [9.17, 15) is 5.11 Å². The summed E-state index contributed by atoms with van der Waals surface area (Å²) in [5, 5.41) is 12.9. The van der Waals surface area contributed by atoms with Gasteiger partial charge in [-0.05, 0) is 17.7 Å². The second kappa shape index (κ2) is 3.45. The SMILES string of the molecule is C#Cc1ccc(CC2(O)CNC2)cc1. The average molecular weight is 187 g/mol. The van der Waals surface area contributed by atoms with Gasteiger partial charge in [-0.15, -0.1) is 6.42 Å². The maximum absolute atomic E-state index is 9.89. The van der Waals surface area contributed by atoms with E-state index in [1.165, 1.54) is 0 Å². The monoisotopic (exact) mass is 187 g/mol. The van der Waals surface area contributed by atoms with Crippen molar-refractivity contribution in [2.24, 2.45) is 0 Å². The number of benzene rings is 1. The Kier molecular flexibility index (Phi) is 2.28. The minimum absolute atomic E-state index is 0.544. The summed E-state index contributed by atoms with van der Waals surface area (Å²) in [5.41, 5.74) is 1.47. The van der Waals surface area contributed by atoms with Gasteiger partial charge in [0.05, 0.1) is 5.60 Å². The zero-order chi connectivity index (χ0) is 10.0. The lowest BCUT2D eigenvalue weighted by molar-refractivity contribution is -0.00901. The highest BCUT2D eigenvalue weighted by atomic mass is 16.3.